The molecular formula is C34H52O3. The molecule has 0 spiro atoms. The summed E-state index contributed by atoms with van der Waals surface area (Å²) in [5.41, 5.74) is 3.34. The Morgan fingerprint density at radius 3 is 1.62 bits per heavy atom. The fourth-order valence-corrected chi connectivity index (χ4v) is 4.67. The third-order valence-electron chi connectivity index (χ3n) is 7.13. The van der Waals surface area contributed by atoms with E-state index >= 15 is 0 Å². The van der Waals surface area contributed by atoms with Crippen LogP contribution in [-0.4, -0.2) is 12.6 Å². The van der Waals surface area contributed by atoms with Crippen LogP contribution in [0.5, 0.6) is 5.75 Å². The van der Waals surface area contributed by atoms with E-state index in [0.29, 0.717) is 6.42 Å². The molecule has 2 aromatic rings. The van der Waals surface area contributed by atoms with Gasteiger partial charge in [0.1, 0.15) is 11.9 Å². The molecule has 206 valence electrons. The zero-order valence-electron chi connectivity index (χ0n) is 23.9. The fraction of sp³-hybridized carbons (Fsp3) is 0.618. The molecule has 0 saturated heterocycles. The molecule has 0 aliphatic rings. The third-order valence-corrected chi connectivity index (χ3v) is 7.13. The second kappa shape index (κ2) is 19.8. The molecule has 0 aliphatic heterocycles. The van der Waals surface area contributed by atoms with Gasteiger partial charge in [-0.3, -0.25) is 4.79 Å². The summed E-state index contributed by atoms with van der Waals surface area (Å²) in [6.45, 7) is 7.25. The Morgan fingerprint density at radius 1 is 0.622 bits per heavy atom. The van der Waals surface area contributed by atoms with Gasteiger partial charge in [0.2, 0.25) is 0 Å². The fourth-order valence-electron chi connectivity index (χ4n) is 4.67. The second-order valence-electron chi connectivity index (χ2n) is 10.5. The summed E-state index contributed by atoms with van der Waals surface area (Å²) < 4.78 is 11.6. The molecule has 0 heterocycles. The summed E-state index contributed by atoms with van der Waals surface area (Å²) in [5, 5.41) is 0. The van der Waals surface area contributed by atoms with E-state index in [1.54, 1.807) is 0 Å². The van der Waals surface area contributed by atoms with Crippen LogP contribution in [0.25, 0.3) is 11.1 Å². The van der Waals surface area contributed by atoms with Gasteiger partial charge >= 0.3 is 5.97 Å². The molecule has 1 unspecified atom stereocenters. The van der Waals surface area contributed by atoms with Crippen molar-refractivity contribution < 1.29 is 14.3 Å². The van der Waals surface area contributed by atoms with Gasteiger partial charge in [0.15, 0.2) is 0 Å². The van der Waals surface area contributed by atoms with E-state index in [0.717, 1.165) is 48.3 Å². The van der Waals surface area contributed by atoms with Crippen LogP contribution in [0.2, 0.25) is 0 Å². The number of ether oxygens (including phenoxy) is 2. The lowest BCUT2D eigenvalue weighted by atomic mass is 10.0. The van der Waals surface area contributed by atoms with Crippen molar-refractivity contribution in [1.82, 2.24) is 0 Å². The van der Waals surface area contributed by atoms with Gasteiger partial charge in [-0.15, -0.1) is 0 Å². The Labute approximate surface area is 227 Å². The molecule has 37 heavy (non-hydrogen) atoms. The maximum absolute atomic E-state index is 12.3. The number of carbonyl (C=O) groups is 1. The largest absolute Gasteiger partial charge is 0.494 e. The first-order chi connectivity index (χ1) is 18.1. The van der Waals surface area contributed by atoms with Crippen molar-refractivity contribution >= 4 is 5.97 Å². The lowest BCUT2D eigenvalue weighted by Crippen LogP contribution is -2.08. The molecule has 0 bridgehead atoms. The smallest absolute Gasteiger partial charge is 0.306 e. The van der Waals surface area contributed by atoms with Crippen molar-refractivity contribution in [1.29, 1.82) is 0 Å². The highest BCUT2D eigenvalue weighted by molar-refractivity contribution is 5.70. The number of esters is 1. The highest BCUT2D eigenvalue weighted by Gasteiger charge is 2.12. The van der Waals surface area contributed by atoms with Crippen LogP contribution in [0.15, 0.2) is 48.5 Å². The summed E-state index contributed by atoms with van der Waals surface area (Å²) in [6.07, 6.45) is 19.2. The van der Waals surface area contributed by atoms with E-state index in [-0.39, 0.29) is 12.1 Å². The van der Waals surface area contributed by atoms with Crippen molar-refractivity contribution in [3.63, 3.8) is 0 Å². The van der Waals surface area contributed by atoms with E-state index in [1.165, 1.54) is 77.0 Å². The molecule has 2 aromatic carbocycles. The molecule has 0 N–H and O–H groups in total. The maximum atomic E-state index is 12.3. The summed E-state index contributed by atoms with van der Waals surface area (Å²) in [5.74, 6) is 0.845. The predicted molar refractivity (Wildman–Crippen MR) is 157 cm³/mol. The van der Waals surface area contributed by atoms with Crippen molar-refractivity contribution in [2.75, 3.05) is 6.61 Å². The van der Waals surface area contributed by atoms with Crippen LogP contribution >= 0.6 is 0 Å². The molecule has 3 nitrogen and oxygen atoms in total. The minimum atomic E-state index is -0.224. The van der Waals surface area contributed by atoms with E-state index < -0.39 is 0 Å². The Morgan fingerprint density at radius 2 is 1.08 bits per heavy atom. The summed E-state index contributed by atoms with van der Waals surface area (Å²) in [7, 11) is 0. The molecule has 3 heteroatoms. The average molecular weight is 509 g/mol. The summed E-state index contributed by atoms with van der Waals surface area (Å²) in [6, 6.07) is 16.7. The Bertz CT molecular complexity index is 825. The van der Waals surface area contributed by atoms with Crippen molar-refractivity contribution in [3.05, 3.63) is 54.1 Å². The topological polar surface area (TPSA) is 35.5 Å². The van der Waals surface area contributed by atoms with Crippen LogP contribution < -0.4 is 4.74 Å². The predicted octanol–water partition coefficient (Wildman–Crippen LogP) is 10.6. The van der Waals surface area contributed by atoms with Crippen LogP contribution in [0, 0.1) is 0 Å². The molecule has 2 rings (SSSR count). The lowest BCUT2D eigenvalue weighted by molar-refractivity contribution is -0.148. The lowest BCUT2D eigenvalue weighted by Gasteiger charge is -2.14. The second-order valence-corrected chi connectivity index (χ2v) is 10.5. The van der Waals surface area contributed by atoms with E-state index in [2.05, 4.69) is 62.4 Å². The van der Waals surface area contributed by atoms with Gasteiger partial charge in [0.05, 0.1) is 6.61 Å². The minimum Gasteiger partial charge on any atom is -0.494 e. The average Bonchev–Trinajstić information content (AvgIpc) is 2.92. The molecule has 0 amide bonds. The van der Waals surface area contributed by atoms with E-state index in [9.17, 15) is 4.79 Å². The first kappa shape index (κ1) is 30.9. The van der Waals surface area contributed by atoms with Crippen LogP contribution in [-0.2, 0) is 9.53 Å². The molecule has 1 atom stereocenters. The number of benzene rings is 2. The van der Waals surface area contributed by atoms with Gasteiger partial charge in [-0.25, -0.2) is 0 Å². The standard InChI is InChI=1S/C34H52O3/c1-4-6-8-10-12-13-14-15-17-19-34(35)37-29(3)30-20-22-31(23-21-30)32-24-26-33(27-25-32)36-28-18-16-11-9-7-5-2/h20-27,29H,4-19,28H2,1-3H3. The molecule has 0 aliphatic carbocycles. The first-order valence-electron chi connectivity index (χ1n) is 15.2. The number of rotatable bonds is 21. The van der Waals surface area contributed by atoms with E-state index in [4.69, 9.17) is 9.47 Å². The Kier molecular flexibility index (Phi) is 16.5. The molecule has 0 radical (unpaired) electrons. The molecule has 0 saturated carbocycles. The van der Waals surface area contributed by atoms with Crippen LogP contribution in [0.3, 0.4) is 0 Å². The molecule has 0 aromatic heterocycles. The summed E-state index contributed by atoms with van der Waals surface area (Å²) >= 11 is 0. The summed E-state index contributed by atoms with van der Waals surface area (Å²) in [4.78, 5) is 12.3. The zero-order valence-corrected chi connectivity index (χ0v) is 23.9. The molecular weight excluding hydrogens is 456 g/mol. The Balaban J connectivity index is 1.65. The first-order valence-corrected chi connectivity index (χ1v) is 15.2. The highest BCUT2D eigenvalue weighted by atomic mass is 16.5. The number of carbonyl (C=O) groups excluding carboxylic acids is 1. The van der Waals surface area contributed by atoms with Gasteiger partial charge in [-0.2, -0.15) is 0 Å². The van der Waals surface area contributed by atoms with Crippen LogP contribution in [0.4, 0.5) is 0 Å². The van der Waals surface area contributed by atoms with Gasteiger partial charge in [-0.05, 0) is 48.6 Å². The van der Waals surface area contributed by atoms with Gasteiger partial charge < -0.3 is 9.47 Å². The number of unbranched alkanes of at least 4 members (excludes halogenated alkanes) is 13. The highest BCUT2D eigenvalue weighted by Crippen LogP contribution is 2.26. The Hall–Kier alpha value is -2.29. The zero-order chi connectivity index (χ0) is 26.6. The van der Waals surface area contributed by atoms with Gasteiger partial charge in [0.25, 0.3) is 0 Å². The third kappa shape index (κ3) is 13.7. The van der Waals surface area contributed by atoms with Crippen molar-refractivity contribution in [3.8, 4) is 16.9 Å². The van der Waals surface area contributed by atoms with Gasteiger partial charge in [0, 0.05) is 6.42 Å². The SMILES string of the molecule is CCCCCCCCCCCC(=O)OC(C)c1ccc(-c2ccc(OCCCCCCCC)cc2)cc1. The maximum Gasteiger partial charge on any atom is 0.306 e. The van der Waals surface area contributed by atoms with Gasteiger partial charge in [-0.1, -0.05) is 134 Å². The number of hydrogen-bond donors (Lipinski definition) is 0. The number of hydrogen-bond acceptors (Lipinski definition) is 3. The minimum absolute atomic E-state index is 0.0870. The van der Waals surface area contributed by atoms with Crippen molar-refractivity contribution in [2.45, 2.75) is 130 Å². The van der Waals surface area contributed by atoms with Crippen molar-refractivity contribution in [2.24, 2.45) is 0 Å². The van der Waals surface area contributed by atoms with Crippen LogP contribution in [0.1, 0.15) is 135 Å². The molecule has 0 fully saturated rings. The normalized spacial score (nSPS) is 11.9. The monoisotopic (exact) mass is 508 g/mol. The quantitative estimate of drug-likeness (QED) is 0.124. The van der Waals surface area contributed by atoms with E-state index in [1.807, 2.05) is 6.92 Å².